The van der Waals surface area contributed by atoms with Crippen LogP contribution < -0.4 is 10.6 Å². The number of nitrogens with one attached hydrogen (secondary N) is 2. The van der Waals surface area contributed by atoms with Crippen LogP contribution >= 0.6 is 0 Å². The molecule has 32 heavy (non-hydrogen) atoms. The Hall–Kier alpha value is -4.33. The van der Waals surface area contributed by atoms with E-state index >= 15 is 0 Å². The second-order valence-corrected chi connectivity index (χ2v) is 7.14. The summed E-state index contributed by atoms with van der Waals surface area (Å²) in [5.41, 5.74) is 3.04. The summed E-state index contributed by atoms with van der Waals surface area (Å²) in [6, 6.07) is 21.9. The second-order valence-electron chi connectivity index (χ2n) is 7.14. The molecule has 5 rings (SSSR count). The molecular formula is C24H18F2N6. The lowest BCUT2D eigenvalue weighted by molar-refractivity contribution is 0.627. The van der Waals surface area contributed by atoms with Crippen LogP contribution in [0.15, 0.2) is 85.1 Å². The van der Waals surface area contributed by atoms with Crippen LogP contribution in [-0.4, -0.2) is 19.7 Å². The number of fused-ring (bicyclic) bond motifs is 1. The monoisotopic (exact) mass is 428 g/mol. The zero-order valence-electron chi connectivity index (χ0n) is 16.8. The summed E-state index contributed by atoms with van der Waals surface area (Å²) in [5.74, 6) is 0.306. The molecule has 158 valence electrons. The van der Waals surface area contributed by atoms with E-state index in [9.17, 15) is 8.78 Å². The maximum absolute atomic E-state index is 13.3. The van der Waals surface area contributed by atoms with Crippen LogP contribution in [0.3, 0.4) is 0 Å². The molecule has 0 aliphatic heterocycles. The molecule has 3 aromatic carbocycles. The number of rotatable bonds is 6. The predicted octanol–water partition coefficient (Wildman–Crippen LogP) is 5.45. The molecule has 0 spiro atoms. The van der Waals surface area contributed by atoms with Gasteiger partial charge in [-0.3, -0.25) is 0 Å². The fraction of sp³-hybridized carbons (Fsp3) is 0.0417. The molecule has 0 amide bonds. The molecule has 0 bridgehead atoms. The molecular weight excluding hydrogens is 410 g/mol. The normalized spacial score (nSPS) is 10.9. The zero-order chi connectivity index (χ0) is 21.9. The summed E-state index contributed by atoms with van der Waals surface area (Å²) in [5, 5.41) is 11.6. The molecule has 0 unspecified atom stereocenters. The number of para-hydroxylation sites is 1. The second kappa shape index (κ2) is 8.43. The van der Waals surface area contributed by atoms with Crippen molar-refractivity contribution in [3.8, 4) is 5.69 Å². The van der Waals surface area contributed by atoms with Gasteiger partial charge in [-0.15, -0.1) is 0 Å². The van der Waals surface area contributed by atoms with Crippen molar-refractivity contribution < 1.29 is 8.78 Å². The van der Waals surface area contributed by atoms with E-state index in [4.69, 9.17) is 0 Å². The van der Waals surface area contributed by atoms with Crippen molar-refractivity contribution in [1.82, 2.24) is 19.7 Å². The molecule has 0 atom stereocenters. The highest BCUT2D eigenvalue weighted by atomic mass is 19.1. The predicted molar refractivity (Wildman–Crippen MR) is 120 cm³/mol. The first-order valence-electron chi connectivity index (χ1n) is 9.98. The van der Waals surface area contributed by atoms with E-state index in [1.165, 1.54) is 24.3 Å². The van der Waals surface area contributed by atoms with Crippen LogP contribution in [0.25, 0.3) is 16.7 Å². The van der Waals surface area contributed by atoms with Crippen molar-refractivity contribution in [3.63, 3.8) is 0 Å². The number of anilines is 3. The Morgan fingerprint density at radius 2 is 1.47 bits per heavy atom. The largest absolute Gasteiger partial charge is 0.350 e. The van der Waals surface area contributed by atoms with E-state index in [0.29, 0.717) is 35.0 Å². The minimum absolute atomic E-state index is 0.288. The first-order chi connectivity index (χ1) is 15.7. The maximum Gasteiger partial charge on any atom is 0.227 e. The Balaban J connectivity index is 1.54. The van der Waals surface area contributed by atoms with Crippen molar-refractivity contribution in [2.24, 2.45) is 0 Å². The van der Waals surface area contributed by atoms with Gasteiger partial charge >= 0.3 is 0 Å². The number of aromatic nitrogens is 4. The first-order valence-corrected chi connectivity index (χ1v) is 9.98. The van der Waals surface area contributed by atoms with Crippen LogP contribution in [0.2, 0.25) is 0 Å². The standard InChI is InChI=1S/C24H18F2N6/c25-17-8-6-16(7-9-17)14-27-24-30-22(29-19-12-10-18(26)11-13-19)21-15-28-32(23(21)31-24)20-4-2-1-3-5-20/h1-13,15H,14H2,(H2,27,29,30,31). The van der Waals surface area contributed by atoms with Gasteiger partial charge in [0.15, 0.2) is 5.65 Å². The molecule has 2 aromatic heterocycles. The average molecular weight is 428 g/mol. The molecule has 6 nitrogen and oxygen atoms in total. The third kappa shape index (κ3) is 4.11. The summed E-state index contributed by atoms with van der Waals surface area (Å²) in [6.45, 7) is 0.418. The van der Waals surface area contributed by atoms with Gasteiger partial charge in [0.05, 0.1) is 17.3 Å². The molecule has 0 aliphatic carbocycles. The van der Waals surface area contributed by atoms with Crippen molar-refractivity contribution in [3.05, 3.63) is 102 Å². The van der Waals surface area contributed by atoms with E-state index < -0.39 is 0 Å². The lowest BCUT2D eigenvalue weighted by Gasteiger charge is -2.11. The molecule has 0 saturated heterocycles. The van der Waals surface area contributed by atoms with Crippen LogP contribution in [-0.2, 0) is 6.54 Å². The van der Waals surface area contributed by atoms with Crippen molar-refractivity contribution >= 4 is 28.5 Å². The number of benzene rings is 3. The third-order valence-corrected chi connectivity index (χ3v) is 4.90. The van der Waals surface area contributed by atoms with Gasteiger partial charge in [0.2, 0.25) is 5.95 Å². The van der Waals surface area contributed by atoms with Crippen LogP contribution in [0.1, 0.15) is 5.56 Å². The van der Waals surface area contributed by atoms with Gasteiger partial charge in [-0.25, -0.2) is 13.5 Å². The topological polar surface area (TPSA) is 67.7 Å². The third-order valence-electron chi connectivity index (χ3n) is 4.90. The van der Waals surface area contributed by atoms with E-state index in [2.05, 4.69) is 25.7 Å². The lowest BCUT2D eigenvalue weighted by atomic mass is 10.2. The van der Waals surface area contributed by atoms with Crippen molar-refractivity contribution in [1.29, 1.82) is 0 Å². The summed E-state index contributed by atoms with van der Waals surface area (Å²) in [4.78, 5) is 9.27. The fourth-order valence-corrected chi connectivity index (χ4v) is 3.29. The summed E-state index contributed by atoms with van der Waals surface area (Å²) in [7, 11) is 0. The first kappa shape index (κ1) is 19.6. The van der Waals surface area contributed by atoms with Gasteiger partial charge in [-0.1, -0.05) is 30.3 Å². The molecule has 5 aromatic rings. The molecule has 0 aliphatic rings. The van der Waals surface area contributed by atoms with Gasteiger partial charge in [0.1, 0.15) is 17.5 Å². The summed E-state index contributed by atoms with van der Waals surface area (Å²) >= 11 is 0. The molecule has 0 saturated carbocycles. The molecule has 2 N–H and O–H groups in total. The van der Waals surface area contributed by atoms with Crippen LogP contribution in [0.4, 0.5) is 26.2 Å². The number of nitrogens with zero attached hydrogens (tertiary/aromatic N) is 4. The molecule has 0 radical (unpaired) electrons. The average Bonchev–Trinajstić information content (AvgIpc) is 3.25. The van der Waals surface area contributed by atoms with Crippen molar-refractivity contribution in [2.45, 2.75) is 6.54 Å². The highest BCUT2D eigenvalue weighted by Gasteiger charge is 2.14. The number of halogens is 2. The van der Waals surface area contributed by atoms with Gasteiger partial charge in [0, 0.05) is 12.2 Å². The Morgan fingerprint density at radius 3 is 2.19 bits per heavy atom. The Bertz CT molecular complexity index is 1350. The van der Waals surface area contributed by atoms with Gasteiger partial charge in [-0.05, 0) is 54.1 Å². The fourth-order valence-electron chi connectivity index (χ4n) is 3.29. The Kier molecular flexibility index (Phi) is 5.17. The quantitative estimate of drug-likeness (QED) is 0.376. The smallest absolute Gasteiger partial charge is 0.227 e. The SMILES string of the molecule is Fc1ccc(CNc2nc(Nc3ccc(F)cc3)c3cnn(-c4ccccc4)c3n2)cc1. The van der Waals surface area contributed by atoms with E-state index in [0.717, 1.165) is 11.3 Å². The lowest BCUT2D eigenvalue weighted by Crippen LogP contribution is -2.07. The molecule has 2 heterocycles. The number of hydrogen-bond donors (Lipinski definition) is 2. The van der Waals surface area contributed by atoms with Crippen LogP contribution in [0.5, 0.6) is 0 Å². The molecule has 0 fully saturated rings. The Morgan fingerprint density at radius 1 is 0.781 bits per heavy atom. The van der Waals surface area contributed by atoms with Gasteiger partial charge in [-0.2, -0.15) is 15.1 Å². The minimum atomic E-state index is -0.318. The number of hydrogen-bond acceptors (Lipinski definition) is 5. The van der Waals surface area contributed by atoms with E-state index in [-0.39, 0.29) is 11.6 Å². The Labute approximate surface area is 182 Å². The van der Waals surface area contributed by atoms with Gasteiger partial charge in [0.25, 0.3) is 0 Å². The highest BCUT2D eigenvalue weighted by Crippen LogP contribution is 2.27. The van der Waals surface area contributed by atoms with Gasteiger partial charge < -0.3 is 10.6 Å². The summed E-state index contributed by atoms with van der Waals surface area (Å²) < 4.78 is 28.2. The summed E-state index contributed by atoms with van der Waals surface area (Å²) in [6.07, 6.45) is 1.69. The zero-order valence-corrected chi connectivity index (χ0v) is 16.8. The van der Waals surface area contributed by atoms with E-state index in [1.807, 2.05) is 30.3 Å². The molecule has 8 heteroatoms. The van der Waals surface area contributed by atoms with Crippen LogP contribution in [0, 0.1) is 11.6 Å². The highest BCUT2D eigenvalue weighted by molar-refractivity contribution is 5.90. The van der Waals surface area contributed by atoms with Crippen molar-refractivity contribution in [2.75, 3.05) is 10.6 Å². The van der Waals surface area contributed by atoms with E-state index in [1.54, 1.807) is 35.1 Å². The minimum Gasteiger partial charge on any atom is -0.350 e. The maximum atomic E-state index is 13.3.